The fraction of sp³-hybridized carbons (Fsp3) is 0.467. The van der Waals surface area contributed by atoms with Crippen LogP contribution in [-0.4, -0.2) is 23.0 Å². The van der Waals surface area contributed by atoms with Gasteiger partial charge in [0.05, 0.1) is 0 Å². The molecule has 1 aromatic rings. The van der Waals surface area contributed by atoms with Crippen LogP contribution in [0.5, 0.6) is 0 Å². The van der Waals surface area contributed by atoms with Crippen molar-refractivity contribution in [2.75, 3.05) is 0 Å². The number of benzene rings is 1. The van der Waals surface area contributed by atoms with Gasteiger partial charge in [0, 0.05) is 23.4 Å². The average molecular weight is 342 g/mol. The molecule has 1 amide bonds. The monoisotopic (exact) mass is 341 g/mol. The Hall–Kier alpha value is -1.36. The summed E-state index contributed by atoms with van der Waals surface area (Å²) in [5, 5.41) is 11.4. The number of halogens is 1. The van der Waals surface area contributed by atoms with Crippen molar-refractivity contribution in [1.82, 2.24) is 5.32 Å². The first-order chi connectivity index (χ1) is 9.47. The van der Waals surface area contributed by atoms with E-state index in [0.29, 0.717) is 19.3 Å². The van der Waals surface area contributed by atoms with Crippen LogP contribution >= 0.6 is 15.9 Å². The summed E-state index contributed by atoms with van der Waals surface area (Å²) in [6.45, 7) is 1.97. The molecular formula is C15H20BrNO3. The zero-order chi connectivity index (χ0) is 15.0. The van der Waals surface area contributed by atoms with E-state index in [4.69, 9.17) is 5.11 Å². The Kier molecular flexibility index (Phi) is 7.30. The van der Waals surface area contributed by atoms with Gasteiger partial charge >= 0.3 is 5.97 Å². The van der Waals surface area contributed by atoms with Crippen LogP contribution in [0, 0.1) is 0 Å². The highest BCUT2D eigenvalue weighted by atomic mass is 79.9. The van der Waals surface area contributed by atoms with Crippen molar-refractivity contribution >= 4 is 27.8 Å². The van der Waals surface area contributed by atoms with Gasteiger partial charge in [0.1, 0.15) is 0 Å². The molecule has 0 fully saturated rings. The summed E-state index contributed by atoms with van der Waals surface area (Å²) in [6, 6.07) is 8.09. The number of rotatable bonds is 8. The average Bonchev–Trinajstić information content (AvgIpc) is 2.37. The van der Waals surface area contributed by atoms with E-state index < -0.39 is 5.97 Å². The van der Waals surface area contributed by atoms with Gasteiger partial charge in [0.15, 0.2) is 0 Å². The lowest BCUT2D eigenvalue weighted by Gasteiger charge is -2.14. The minimum atomic E-state index is -0.811. The molecule has 0 aliphatic heterocycles. The first-order valence-electron chi connectivity index (χ1n) is 6.73. The van der Waals surface area contributed by atoms with E-state index in [1.807, 2.05) is 31.2 Å². The summed E-state index contributed by atoms with van der Waals surface area (Å²) in [7, 11) is 0. The zero-order valence-electron chi connectivity index (χ0n) is 11.6. The first kappa shape index (κ1) is 16.7. The predicted octanol–water partition coefficient (Wildman–Crippen LogP) is 3.14. The normalized spacial score (nSPS) is 11.9. The topological polar surface area (TPSA) is 66.4 Å². The Morgan fingerprint density at radius 1 is 1.20 bits per heavy atom. The molecule has 1 rings (SSSR count). The van der Waals surface area contributed by atoms with E-state index in [9.17, 15) is 9.59 Å². The fourth-order valence-corrected chi connectivity index (χ4v) is 2.20. The van der Waals surface area contributed by atoms with E-state index in [-0.39, 0.29) is 18.4 Å². The van der Waals surface area contributed by atoms with Crippen LogP contribution in [0.1, 0.15) is 38.2 Å². The van der Waals surface area contributed by atoms with Crippen molar-refractivity contribution in [3.63, 3.8) is 0 Å². The molecule has 110 valence electrons. The standard InChI is InChI=1S/C15H20BrNO3/c1-11(10-12-6-8-13(16)9-7-12)17-14(18)4-2-3-5-15(19)20/h6-9,11H,2-5,10H2,1H3,(H,17,18)(H,19,20). The second kappa shape index (κ2) is 8.74. The maximum Gasteiger partial charge on any atom is 0.303 e. The molecule has 1 atom stereocenters. The predicted molar refractivity (Wildman–Crippen MR) is 81.6 cm³/mol. The Morgan fingerprint density at radius 2 is 1.80 bits per heavy atom. The molecule has 20 heavy (non-hydrogen) atoms. The number of hydrogen-bond donors (Lipinski definition) is 2. The van der Waals surface area contributed by atoms with Crippen molar-refractivity contribution in [2.24, 2.45) is 0 Å². The van der Waals surface area contributed by atoms with Gasteiger partial charge in [-0.05, 0) is 43.9 Å². The fourth-order valence-electron chi connectivity index (χ4n) is 1.93. The molecule has 1 aromatic carbocycles. The van der Waals surface area contributed by atoms with Crippen molar-refractivity contribution < 1.29 is 14.7 Å². The molecule has 5 heteroatoms. The largest absolute Gasteiger partial charge is 0.481 e. The molecule has 0 aliphatic carbocycles. The SMILES string of the molecule is CC(Cc1ccc(Br)cc1)NC(=O)CCCCC(=O)O. The number of hydrogen-bond acceptors (Lipinski definition) is 2. The highest BCUT2D eigenvalue weighted by Crippen LogP contribution is 2.12. The summed E-state index contributed by atoms with van der Waals surface area (Å²) < 4.78 is 1.04. The Morgan fingerprint density at radius 3 is 2.40 bits per heavy atom. The van der Waals surface area contributed by atoms with Gasteiger partial charge in [-0.2, -0.15) is 0 Å². The minimum Gasteiger partial charge on any atom is -0.481 e. The Labute approximate surface area is 127 Å². The smallest absolute Gasteiger partial charge is 0.303 e. The number of amides is 1. The number of aliphatic carboxylic acids is 1. The van der Waals surface area contributed by atoms with Crippen LogP contribution in [0.3, 0.4) is 0 Å². The molecule has 1 unspecified atom stereocenters. The second-order valence-corrected chi connectivity index (χ2v) is 5.82. The molecule has 0 aliphatic rings. The molecular weight excluding hydrogens is 322 g/mol. The van der Waals surface area contributed by atoms with Crippen molar-refractivity contribution in [3.05, 3.63) is 34.3 Å². The zero-order valence-corrected chi connectivity index (χ0v) is 13.1. The van der Waals surface area contributed by atoms with Crippen molar-refractivity contribution in [1.29, 1.82) is 0 Å². The Balaban J connectivity index is 2.24. The maximum atomic E-state index is 11.7. The summed E-state index contributed by atoms with van der Waals surface area (Å²) in [5.74, 6) is -0.825. The van der Waals surface area contributed by atoms with Crippen LogP contribution in [0.2, 0.25) is 0 Å². The summed E-state index contributed by atoms with van der Waals surface area (Å²) in [4.78, 5) is 22.0. The van der Waals surface area contributed by atoms with Crippen LogP contribution in [0.15, 0.2) is 28.7 Å². The number of carboxylic acid groups (broad SMARTS) is 1. The quantitative estimate of drug-likeness (QED) is 0.714. The third kappa shape index (κ3) is 7.28. The molecule has 0 radical (unpaired) electrons. The van der Waals surface area contributed by atoms with Gasteiger partial charge < -0.3 is 10.4 Å². The highest BCUT2D eigenvalue weighted by molar-refractivity contribution is 9.10. The highest BCUT2D eigenvalue weighted by Gasteiger charge is 2.08. The van der Waals surface area contributed by atoms with Gasteiger partial charge in [0.25, 0.3) is 0 Å². The van der Waals surface area contributed by atoms with Crippen LogP contribution < -0.4 is 5.32 Å². The summed E-state index contributed by atoms with van der Waals surface area (Å²) in [6.07, 6.45) is 2.46. The van der Waals surface area contributed by atoms with Crippen LogP contribution in [0.25, 0.3) is 0 Å². The van der Waals surface area contributed by atoms with E-state index in [1.165, 1.54) is 5.56 Å². The van der Waals surface area contributed by atoms with E-state index in [2.05, 4.69) is 21.2 Å². The number of carbonyl (C=O) groups is 2. The maximum absolute atomic E-state index is 11.7. The van der Waals surface area contributed by atoms with Gasteiger partial charge in [-0.3, -0.25) is 9.59 Å². The van der Waals surface area contributed by atoms with Crippen molar-refractivity contribution in [3.8, 4) is 0 Å². The van der Waals surface area contributed by atoms with Gasteiger partial charge in [-0.1, -0.05) is 28.1 Å². The van der Waals surface area contributed by atoms with E-state index >= 15 is 0 Å². The molecule has 4 nitrogen and oxygen atoms in total. The molecule has 0 aromatic heterocycles. The lowest BCUT2D eigenvalue weighted by molar-refractivity contribution is -0.137. The summed E-state index contributed by atoms with van der Waals surface area (Å²) >= 11 is 3.39. The Bertz CT molecular complexity index is 445. The molecule has 0 saturated carbocycles. The van der Waals surface area contributed by atoms with Gasteiger partial charge in [0.2, 0.25) is 5.91 Å². The van der Waals surface area contributed by atoms with Crippen molar-refractivity contribution in [2.45, 2.75) is 45.1 Å². The molecule has 0 heterocycles. The first-order valence-corrected chi connectivity index (χ1v) is 7.52. The number of carboxylic acids is 1. The van der Waals surface area contributed by atoms with Crippen LogP contribution in [-0.2, 0) is 16.0 Å². The summed E-state index contributed by atoms with van der Waals surface area (Å²) in [5.41, 5.74) is 1.17. The lowest BCUT2D eigenvalue weighted by atomic mass is 10.1. The molecule has 0 saturated heterocycles. The van der Waals surface area contributed by atoms with Crippen LogP contribution in [0.4, 0.5) is 0 Å². The number of carbonyl (C=O) groups excluding carboxylic acids is 1. The number of unbranched alkanes of at least 4 members (excludes halogenated alkanes) is 1. The number of nitrogens with one attached hydrogen (secondary N) is 1. The molecule has 0 bridgehead atoms. The third-order valence-electron chi connectivity index (χ3n) is 2.91. The third-order valence-corrected chi connectivity index (χ3v) is 3.44. The van der Waals surface area contributed by atoms with Gasteiger partial charge in [-0.15, -0.1) is 0 Å². The van der Waals surface area contributed by atoms with E-state index in [1.54, 1.807) is 0 Å². The van der Waals surface area contributed by atoms with Gasteiger partial charge in [-0.25, -0.2) is 0 Å². The lowest BCUT2D eigenvalue weighted by Crippen LogP contribution is -2.33. The van der Waals surface area contributed by atoms with E-state index in [0.717, 1.165) is 10.9 Å². The second-order valence-electron chi connectivity index (χ2n) is 4.90. The minimum absolute atomic E-state index is 0.0139. The molecule has 2 N–H and O–H groups in total. The molecule has 0 spiro atoms.